The van der Waals surface area contributed by atoms with Gasteiger partial charge in [-0.2, -0.15) is 0 Å². The van der Waals surface area contributed by atoms with Gasteiger partial charge in [0, 0.05) is 6.42 Å². The number of ether oxygens (including phenoxy) is 1. The van der Waals surface area contributed by atoms with E-state index in [0.717, 1.165) is 13.0 Å². The molecule has 0 saturated heterocycles. The maximum atomic E-state index is 5.24. The molecule has 1 aliphatic rings. The third kappa shape index (κ3) is 2.07. The lowest BCUT2D eigenvalue weighted by Gasteiger charge is -2.18. The molecule has 0 unspecified atom stereocenters. The summed E-state index contributed by atoms with van der Waals surface area (Å²) in [7, 11) is 0. The number of hydrogen-bond donors (Lipinski definition) is 0. The van der Waals surface area contributed by atoms with E-state index in [-0.39, 0.29) is 5.41 Å². The average molecular weight is 124 g/mol. The number of rotatable bonds is 0. The molecule has 1 nitrogen and oxygen atoms in total. The van der Waals surface area contributed by atoms with E-state index in [2.05, 4.69) is 25.7 Å². The Hall–Kier alpha value is -0.480. The summed E-state index contributed by atoms with van der Waals surface area (Å²) in [6.07, 6.45) is 0.965. The van der Waals surface area contributed by atoms with E-state index in [9.17, 15) is 0 Å². The Bertz CT molecular complexity index is 148. The van der Waals surface area contributed by atoms with Crippen LogP contribution in [0.5, 0.6) is 0 Å². The highest BCUT2D eigenvalue weighted by Crippen LogP contribution is 2.20. The molecule has 0 aromatic carbocycles. The monoisotopic (exact) mass is 124 g/mol. The molecule has 0 saturated carbocycles. The van der Waals surface area contributed by atoms with E-state index in [1.807, 2.05) is 0 Å². The molecule has 1 heterocycles. The molecular formula is C8H12O. The zero-order valence-electron chi connectivity index (χ0n) is 6.03. The third-order valence-electron chi connectivity index (χ3n) is 1.36. The van der Waals surface area contributed by atoms with Gasteiger partial charge in [-0.1, -0.05) is 19.8 Å². The molecule has 50 valence electrons. The van der Waals surface area contributed by atoms with Crippen LogP contribution < -0.4 is 0 Å². The molecule has 0 aromatic rings. The Morgan fingerprint density at radius 2 is 2.11 bits per heavy atom. The Kier molecular flexibility index (Phi) is 1.78. The van der Waals surface area contributed by atoms with E-state index >= 15 is 0 Å². The molecule has 0 fully saturated rings. The fraction of sp³-hybridized carbons (Fsp3) is 0.750. The molecule has 1 rings (SSSR count). The first kappa shape index (κ1) is 6.64. The molecule has 0 spiro atoms. The fourth-order valence-corrected chi connectivity index (χ4v) is 0.782. The van der Waals surface area contributed by atoms with Crippen LogP contribution in [0, 0.1) is 17.3 Å². The minimum absolute atomic E-state index is 0.267. The second-order valence-corrected chi connectivity index (χ2v) is 3.19. The topological polar surface area (TPSA) is 9.23 Å². The van der Waals surface area contributed by atoms with E-state index < -0.39 is 0 Å². The van der Waals surface area contributed by atoms with Crippen molar-refractivity contribution >= 4 is 0 Å². The highest BCUT2D eigenvalue weighted by atomic mass is 16.5. The predicted octanol–water partition coefficient (Wildman–Crippen LogP) is 1.44. The van der Waals surface area contributed by atoms with Gasteiger partial charge in [0.15, 0.2) is 0 Å². The smallest absolute Gasteiger partial charge is 0.107 e. The Balaban J connectivity index is 2.52. The summed E-state index contributed by atoms with van der Waals surface area (Å²) in [5, 5.41) is 0. The molecule has 0 radical (unpaired) electrons. The van der Waals surface area contributed by atoms with E-state index in [1.165, 1.54) is 0 Å². The van der Waals surface area contributed by atoms with Gasteiger partial charge in [-0.15, -0.1) is 5.92 Å². The van der Waals surface area contributed by atoms with Gasteiger partial charge < -0.3 is 4.74 Å². The molecule has 0 aromatic heterocycles. The lowest BCUT2D eigenvalue weighted by molar-refractivity contribution is 0.0910. The molecule has 1 heteroatoms. The zero-order valence-corrected chi connectivity index (χ0v) is 6.03. The van der Waals surface area contributed by atoms with Crippen LogP contribution in [0.3, 0.4) is 0 Å². The summed E-state index contributed by atoms with van der Waals surface area (Å²) in [5.41, 5.74) is 0.267. The molecule has 1 aliphatic heterocycles. The molecule has 0 amide bonds. The van der Waals surface area contributed by atoms with Crippen molar-refractivity contribution in [3.8, 4) is 11.8 Å². The standard InChI is InChI=1S/C8H12O/c1-8(2)5-3-4-6-9-7-8/h5-7H2,1-2H3. The third-order valence-corrected chi connectivity index (χ3v) is 1.36. The highest BCUT2D eigenvalue weighted by Gasteiger charge is 2.17. The SMILES string of the molecule is CC1(C)CC#CCOC1. The Labute approximate surface area is 56.4 Å². The van der Waals surface area contributed by atoms with Crippen molar-refractivity contribution in [3.63, 3.8) is 0 Å². The summed E-state index contributed by atoms with van der Waals surface area (Å²) in [6, 6.07) is 0. The summed E-state index contributed by atoms with van der Waals surface area (Å²) in [4.78, 5) is 0. The van der Waals surface area contributed by atoms with Crippen LogP contribution in [-0.4, -0.2) is 13.2 Å². The van der Waals surface area contributed by atoms with Crippen LogP contribution >= 0.6 is 0 Å². The van der Waals surface area contributed by atoms with Gasteiger partial charge in [-0.25, -0.2) is 0 Å². The summed E-state index contributed by atoms with van der Waals surface area (Å²) >= 11 is 0. The van der Waals surface area contributed by atoms with Crippen LogP contribution in [0.1, 0.15) is 20.3 Å². The van der Waals surface area contributed by atoms with Crippen LogP contribution in [0.15, 0.2) is 0 Å². The van der Waals surface area contributed by atoms with Crippen LogP contribution in [0.2, 0.25) is 0 Å². The first-order valence-electron chi connectivity index (χ1n) is 3.24. The minimum atomic E-state index is 0.267. The van der Waals surface area contributed by atoms with Crippen molar-refractivity contribution in [1.29, 1.82) is 0 Å². The average Bonchev–Trinajstić information content (AvgIpc) is 1.92. The summed E-state index contributed by atoms with van der Waals surface area (Å²) < 4.78 is 5.24. The minimum Gasteiger partial charge on any atom is -0.368 e. The second-order valence-electron chi connectivity index (χ2n) is 3.19. The predicted molar refractivity (Wildman–Crippen MR) is 37.0 cm³/mol. The van der Waals surface area contributed by atoms with Crippen molar-refractivity contribution in [2.75, 3.05) is 13.2 Å². The second kappa shape index (κ2) is 2.41. The van der Waals surface area contributed by atoms with Gasteiger partial charge in [-0.05, 0) is 5.41 Å². The van der Waals surface area contributed by atoms with Gasteiger partial charge in [0.05, 0.1) is 6.61 Å². The lowest BCUT2D eigenvalue weighted by atomic mass is 9.91. The summed E-state index contributed by atoms with van der Waals surface area (Å²) in [6.45, 7) is 5.79. The molecule has 0 atom stereocenters. The Morgan fingerprint density at radius 3 is 2.89 bits per heavy atom. The van der Waals surface area contributed by atoms with Crippen LogP contribution in [-0.2, 0) is 4.74 Å². The van der Waals surface area contributed by atoms with Crippen molar-refractivity contribution in [1.82, 2.24) is 0 Å². The van der Waals surface area contributed by atoms with Crippen LogP contribution in [0.4, 0.5) is 0 Å². The maximum Gasteiger partial charge on any atom is 0.107 e. The lowest BCUT2D eigenvalue weighted by Crippen LogP contribution is -2.16. The maximum absolute atomic E-state index is 5.24. The largest absolute Gasteiger partial charge is 0.368 e. The number of hydrogen-bond acceptors (Lipinski definition) is 1. The highest BCUT2D eigenvalue weighted by molar-refractivity contribution is 5.03. The van der Waals surface area contributed by atoms with Gasteiger partial charge >= 0.3 is 0 Å². The van der Waals surface area contributed by atoms with Crippen molar-refractivity contribution in [2.45, 2.75) is 20.3 Å². The normalized spacial score (nSPS) is 23.8. The molecule has 0 N–H and O–H groups in total. The molecule has 9 heavy (non-hydrogen) atoms. The van der Waals surface area contributed by atoms with Gasteiger partial charge in [0.2, 0.25) is 0 Å². The first-order chi connectivity index (χ1) is 4.21. The Morgan fingerprint density at radius 1 is 1.33 bits per heavy atom. The molecule has 0 bridgehead atoms. The van der Waals surface area contributed by atoms with Crippen LogP contribution in [0.25, 0.3) is 0 Å². The van der Waals surface area contributed by atoms with E-state index in [1.54, 1.807) is 0 Å². The van der Waals surface area contributed by atoms with Gasteiger partial charge in [0.25, 0.3) is 0 Å². The quantitative estimate of drug-likeness (QED) is 0.444. The van der Waals surface area contributed by atoms with E-state index in [0.29, 0.717) is 6.61 Å². The first-order valence-corrected chi connectivity index (χ1v) is 3.24. The summed E-state index contributed by atoms with van der Waals surface area (Å²) in [5.74, 6) is 5.99. The zero-order chi connectivity index (χ0) is 6.74. The van der Waals surface area contributed by atoms with Crippen molar-refractivity contribution in [3.05, 3.63) is 0 Å². The fourth-order valence-electron chi connectivity index (χ4n) is 0.782. The molecule has 0 aliphatic carbocycles. The molecular weight excluding hydrogens is 112 g/mol. The van der Waals surface area contributed by atoms with Crippen molar-refractivity contribution < 1.29 is 4.74 Å². The van der Waals surface area contributed by atoms with Crippen molar-refractivity contribution in [2.24, 2.45) is 5.41 Å². The van der Waals surface area contributed by atoms with E-state index in [4.69, 9.17) is 4.74 Å². The van der Waals surface area contributed by atoms with Gasteiger partial charge in [0.1, 0.15) is 6.61 Å². The van der Waals surface area contributed by atoms with Gasteiger partial charge in [-0.3, -0.25) is 0 Å².